The van der Waals surface area contributed by atoms with Crippen LogP contribution in [0.4, 0.5) is 5.69 Å². The largest absolute Gasteiger partial charge is 0.386 e. The number of nitrogens with two attached hydrogens (primary N) is 1. The SMILES string of the molecule is CCc1cc2c(cc1-n1cc(CNC)cn1)N=C(N)C21CCC1. The Hall–Kier alpha value is -2.14. The molecule has 23 heavy (non-hydrogen) atoms. The van der Waals surface area contributed by atoms with Gasteiger partial charge in [-0.05, 0) is 43.5 Å². The van der Waals surface area contributed by atoms with Crippen LogP contribution in [0.1, 0.15) is 42.9 Å². The zero-order valence-corrected chi connectivity index (χ0v) is 13.8. The minimum Gasteiger partial charge on any atom is -0.386 e. The van der Waals surface area contributed by atoms with Crippen LogP contribution in [0.5, 0.6) is 0 Å². The highest BCUT2D eigenvalue weighted by atomic mass is 15.3. The molecular formula is C18H23N5. The monoisotopic (exact) mass is 309 g/mol. The van der Waals surface area contributed by atoms with E-state index in [1.165, 1.54) is 23.1 Å². The van der Waals surface area contributed by atoms with Crippen LogP contribution >= 0.6 is 0 Å². The summed E-state index contributed by atoms with van der Waals surface area (Å²) < 4.78 is 1.96. The van der Waals surface area contributed by atoms with Gasteiger partial charge >= 0.3 is 0 Å². The van der Waals surface area contributed by atoms with Crippen LogP contribution in [0, 0.1) is 0 Å². The molecule has 0 saturated heterocycles. The highest BCUT2D eigenvalue weighted by Crippen LogP contribution is 2.52. The van der Waals surface area contributed by atoms with Gasteiger partial charge < -0.3 is 11.1 Å². The predicted octanol–water partition coefficient (Wildman–Crippen LogP) is 2.58. The molecule has 0 radical (unpaired) electrons. The lowest BCUT2D eigenvalue weighted by Crippen LogP contribution is -2.44. The maximum Gasteiger partial charge on any atom is 0.110 e. The third-order valence-corrected chi connectivity index (χ3v) is 5.30. The Morgan fingerprint density at radius 2 is 2.17 bits per heavy atom. The average Bonchev–Trinajstić information content (AvgIpc) is 3.06. The number of nitrogens with one attached hydrogen (secondary N) is 1. The predicted molar refractivity (Wildman–Crippen MR) is 92.5 cm³/mol. The smallest absolute Gasteiger partial charge is 0.110 e. The van der Waals surface area contributed by atoms with Crippen LogP contribution in [0.2, 0.25) is 0 Å². The van der Waals surface area contributed by atoms with Crippen molar-refractivity contribution >= 4 is 11.5 Å². The van der Waals surface area contributed by atoms with Gasteiger partial charge in [0.15, 0.2) is 0 Å². The van der Waals surface area contributed by atoms with E-state index in [-0.39, 0.29) is 5.41 Å². The van der Waals surface area contributed by atoms with Gasteiger partial charge in [0.1, 0.15) is 5.84 Å². The van der Waals surface area contributed by atoms with Crippen molar-refractivity contribution in [2.45, 2.75) is 44.6 Å². The summed E-state index contributed by atoms with van der Waals surface area (Å²) in [6, 6.07) is 4.47. The zero-order chi connectivity index (χ0) is 16.0. The van der Waals surface area contributed by atoms with Gasteiger partial charge in [0.05, 0.1) is 23.0 Å². The summed E-state index contributed by atoms with van der Waals surface area (Å²) in [5.41, 5.74) is 12.2. The molecule has 1 aliphatic carbocycles. The van der Waals surface area contributed by atoms with Crippen molar-refractivity contribution in [1.29, 1.82) is 0 Å². The first kappa shape index (κ1) is 14.5. The lowest BCUT2D eigenvalue weighted by molar-refractivity contribution is 0.344. The number of hydrogen-bond acceptors (Lipinski definition) is 4. The molecule has 5 nitrogen and oxygen atoms in total. The molecule has 120 valence electrons. The van der Waals surface area contributed by atoms with Crippen LogP contribution in [0.25, 0.3) is 5.69 Å². The van der Waals surface area contributed by atoms with E-state index >= 15 is 0 Å². The normalized spacial score (nSPS) is 17.9. The Bertz CT molecular complexity index is 783. The zero-order valence-electron chi connectivity index (χ0n) is 13.8. The number of amidine groups is 1. The van der Waals surface area contributed by atoms with Crippen molar-refractivity contribution in [3.05, 3.63) is 41.2 Å². The summed E-state index contributed by atoms with van der Waals surface area (Å²) in [4.78, 5) is 4.67. The van der Waals surface area contributed by atoms with Crippen LogP contribution in [-0.2, 0) is 18.4 Å². The number of nitrogens with zero attached hydrogens (tertiary/aromatic N) is 3. The van der Waals surface area contributed by atoms with Crippen LogP contribution in [0.15, 0.2) is 29.5 Å². The van der Waals surface area contributed by atoms with Gasteiger partial charge in [-0.25, -0.2) is 9.67 Å². The van der Waals surface area contributed by atoms with E-state index in [0.29, 0.717) is 0 Å². The molecule has 5 heteroatoms. The molecular weight excluding hydrogens is 286 g/mol. The van der Waals surface area contributed by atoms with Crippen molar-refractivity contribution < 1.29 is 0 Å². The second-order valence-electron chi connectivity index (χ2n) is 6.61. The van der Waals surface area contributed by atoms with Gasteiger partial charge in [-0.1, -0.05) is 19.4 Å². The summed E-state index contributed by atoms with van der Waals surface area (Å²) >= 11 is 0. The van der Waals surface area contributed by atoms with Crippen LogP contribution < -0.4 is 11.1 Å². The van der Waals surface area contributed by atoms with Gasteiger partial charge in [0.2, 0.25) is 0 Å². The molecule has 1 saturated carbocycles. The first-order valence-corrected chi connectivity index (χ1v) is 8.38. The highest BCUT2D eigenvalue weighted by Gasteiger charge is 2.47. The lowest BCUT2D eigenvalue weighted by atomic mass is 9.64. The van der Waals surface area contributed by atoms with Crippen LogP contribution in [-0.4, -0.2) is 22.7 Å². The number of rotatable bonds is 4. The van der Waals surface area contributed by atoms with Crippen molar-refractivity contribution in [2.75, 3.05) is 7.05 Å². The quantitative estimate of drug-likeness (QED) is 0.912. The number of aryl methyl sites for hydroxylation is 1. The third kappa shape index (κ3) is 2.03. The number of aliphatic imine (C=N–C) groups is 1. The molecule has 0 bridgehead atoms. The molecule has 1 aromatic carbocycles. The Kier molecular flexibility index (Phi) is 3.27. The maximum atomic E-state index is 6.27. The average molecular weight is 309 g/mol. The number of hydrogen-bond donors (Lipinski definition) is 2. The van der Waals surface area contributed by atoms with Gasteiger partial charge in [0, 0.05) is 18.3 Å². The molecule has 2 aliphatic rings. The Morgan fingerprint density at radius 3 is 2.83 bits per heavy atom. The molecule has 4 rings (SSSR count). The van der Waals surface area contributed by atoms with Gasteiger partial charge in [-0.2, -0.15) is 5.10 Å². The topological polar surface area (TPSA) is 68.2 Å². The Balaban J connectivity index is 1.81. The molecule has 1 spiro atoms. The molecule has 2 aromatic rings. The first-order chi connectivity index (χ1) is 11.2. The second-order valence-corrected chi connectivity index (χ2v) is 6.61. The third-order valence-electron chi connectivity index (χ3n) is 5.30. The molecule has 1 fully saturated rings. The molecule has 0 amide bonds. The summed E-state index contributed by atoms with van der Waals surface area (Å²) in [5, 5.41) is 7.68. The fourth-order valence-electron chi connectivity index (χ4n) is 3.81. The molecule has 0 unspecified atom stereocenters. The van der Waals surface area contributed by atoms with Crippen molar-refractivity contribution in [1.82, 2.24) is 15.1 Å². The summed E-state index contributed by atoms with van der Waals surface area (Å²) in [6.45, 7) is 3.01. The number of benzene rings is 1. The van der Waals surface area contributed by atoms with Crippen molar-refractivity contribution in [3.8, 4) is 5.69 Å². The van der Waals surface area contributed by atoms with E-state index in [0.717, 1.165) is 43.0 Å². The highest BCUT2D eigenvalue weighted by molar-refractivity contribution is 6.00. The fraction of sp³-hybridized carbons (Fsp3) is 0.444. The minimum atomic E-state index is 0.0270. The van der Waals surface area contributed by atoms with E-state index < -0.39 is 0 Å². The van der Waals surface area contributed by atoms with Gasteiger partial charge in [-0.15, -0.1) is 0 Å². The Morgan fingerprint density at radius 1 is 1.35 bits per heavy atom. The summed E-state index contributed by atoms with van der Waals surface area (Å²) in [6.07, 6.45) is 8.47. The number of fused-ring (bicyclic) bond motifs is 2. The van der Waals surface area contributed by atoms with E-state index in [1.54, 1.807) is 0 Å². The van der Waals surface area contributed by atoms with E-state index in [4.69, 9.17) is 5.73 Å². The first-order valence-electron chi connectivity index (χ1n) is 8.38. The van der Waals surface area contributed by atoms with E-state index in [2.05, 4.69) is 40.7 Å². The standard InChI is InChI=1S/C18H23N5/c1-3-13-7-14-15(22-17(19)18(14)5-4-6-18)8-16(13)23-11-12(9-20-2)10-21-23/h7-8,10-11,20H,3-6,9H2,1-2H3,(H2,19,22). The maximum absolute atomic E-state index is 6.27. The van der Waals surface area contributed by atoms with Gasteiger partial charge in [-0.3, -0.25) is 0 Å². The molecule has 2 heterocycles. The second kappa shape index (κ2) is 5.20. The fourth-order valence-corrected chi connectivity index (χ4v) is 3.81. The summed E-state index contributed by atoms with van der Waals surface area (Å²) in [7, 11) is 1.94. The minimum absolute atomic E-state index is 0.0270. The number of aromatic nitrogens is 2. The van der Waals surface area contributed by atoms with E-state index in [9.17, 15) is 0 Å². The van der Waals surface area contributed by atoms with Crippen molar-refractivity contribution in [2.24, 2.45) is 10.7 Å². The molecule has 1 aromatic heterocycles. The summed E-state index contributed by atoms with van der Waals surface area (Å²) in [5.74, 6) is 0.800. The van der Waals surface area contributed by atoms with E-state index in [1.807, 2.05) is 17.9 Å². The molecule has 0 atom stereocenters. The van der Waals surface area contributed by atoms with Crippen LogP contribution in [0.3, 0.4) is 0 Å². The Labute approximate surface area is 136 Å². The molecule has 3 N–H and O–H groups in total. The van der Waals surface area contributed by atoms with Gasteiger partial charge in [0.25, 0.3) is 0 Å². The molecule has 1 aliphatic heterocycles. The van der Waals surface area contributed by atoms with Crippen molar-refractivity contribution in [3.63, 3.8) is 0 Å². The lowest BCUT2D eigenvalue weighted by Gasteiger charge is -2.39.